The van der Waals surface area contributed by atoms with Crippen molar-refractivity contribution >= 4 is 5.91 Å². The van der Waals surface area contributed by atoms with Crippen molar-refractivity contribution < 1.29 is 4.79 Å². The number of hydrogen-bond donors (Lipinski definition) is 2. The smallest absolute Gasteiger partial charge is 0.233 e. The first kappa shape index (κ1) is 9.48. The van der Waals surface area contributed by atoms with Crippen LogP contribution < -0.4 is 10.6 Å². The van der Waals surface area contributed by atoms with Crippen LogP contribution in [0, 0.1) is 0 Å². The van der Waals surface area contributed by atoms with Gasteiger partial charge in [0, 0.05) is 32.7 Å². The summed E-state index contributed by atoms with van der Waals surface area (Å²) in [5.41, 5.74) is 0. The Kier molecular flexibility index (Phi) is 3.49. The van der Waals surface area contributed by atoms with Crippen LogP contribution in [0.15, 0.2) is 0 Å². The monoisotopic (exact) mass is 171 g/mol. The van der Waals surface area contributed by atoms with Crippen molar-refractivity contribution in [1.82, 2.24) is 15.5 Å². The number of piperazine rings is 1. The largest absolute Gasteiger partial charge is 0.358 e. The van der Waals surface area contributed by atoms with Gasteiger partial charge in [-0.15, -0.1) is 0 Å². The molecular formula is C8H17N3O. The van der Waals surface area contributed by atoms with Crippen LogP contribution in [-0.4, -0.2) is 50.1 Å². The average molecular weight is 171 g/mol. The van der Waals surface area contributed by atoms with Crippen LogP contribution in [0.1, 0.15) is 6.92 Å². The number of likely N-dealkylation sites (N-methyl/N-ethyl adjacent to an activating group) is 1. The fraction of sp³-hybridized carbons (Fsp3) is 0.875. The van der Waals surface area contributed by atoms with Gasteiger partial charge in [-0.05, 0) is 6.92 Å². The maximum absolute atomic E-state index is 11.0. The Hall–Kier alpha value is -0.610. The van der Waals surface area contributed by atoms with Gasteiger partial charge in [-0.1, -0.05) is 0 Å². The van der Waals surface area contributed by atoms with Gasteiger partial charge in [0.1, 0.15) is 0 Å². The van der Waals surface area contributed by atoms with E-state index in [4.69, 9.17) is 0 Å². The normalized spacial score (nSPS) is 25.3. The zero-order valence-electron chi connectivity index (χ0n) is 7.76. The van der Waals surface area contributed by atoms with E-state index in [2.05, 4.69) is 22.5 Å². The maximum atomic E-state index is 11.0. The fourth-order valence-corrected chi connectivity index (χ4v) is 1.44. The lowest BCUT2D eigenvalue weighted by Crippen LogP contribution is -2.51. The van der Waals surface area contributed by atoms with Gasteiger partial charge in [0.05, 0.1) is 6.54 Å². The molecule has 12 heavy (non-hydrogen) atoms. The number of rotatable bonds is 2. The SMILES string of the molecule is CNC(=O)CN1CCNC(C)C1. The zero-order valence-corrected chi connectivity index (χ0v) is 7.76. The predicted molar refractivity (Wildman–Crippen MR) is 48.0 cm³/mol. The summed E-state index contributed by atoms with van der Waals surface area (Å²) >= 11 is 0. The van der Waals surface area contributed by atoms with Gasteiger partial charge in [0.15, 0.2) is 0 Å². The first-order valence-corrected chi connectivity index (χ1v) is 4.38. The molecule has 0 aromatic carbocycles. The lowest BCUT2D eigenvalue weighted by Gasteiger charge is -2.30. The second kappa shape index (κ2) is 4.42. The minimum atomic E-state index is 0.101. The summed E-state index contributed by atoms with van der Waals surface area (Å²) in [6.07, 6.45) is 0. The summed E-state index contributed by atoms with van der Waals surface area (Å²) in [6, 6.07) is 0.503. The van der Waals surface area contributed by atoms with E-state index in [0.717, 1.165) is 19.6 Å². The molecule has 0 aliphatic carbocycles. The van der Waals surface area contributed by atoms with E-state index in [1.54, 1.807) is 7.05 Å². The van der Waals surface area contributed by atoms with E-state index in [1.807, 2.05) is 0 Å². The van der Waals surface area contributed by atoms with Crippen LogP contribution >= 0.6 is 0 Å². The minimum Gasteiger partial charge on any atom is -0.358 e. The third kappa shape index (κ3) is 2.79. The van der Waals surface area contributed by atoms with Crippen LogP contribution in [-0.2, 0) is 4.79 Å². The molecule has 0 saturated carbocycles. The number of hydrogen-bond acceptors (Lipinski definition) is 3. The Labute approximate surface area is 73.3 Å². The highest BCUT2D eigenvalue weighted by Gasteiger charge is 2.16. The lowest BCUT2D eigenvalue weighted by atomic mass is 10.2. The third-order valence-electron chi connectivity index (χ3n) is 2.10. The second-order valence-electron chi connectivity index (χ2n) is 3.26. The van der Waals surface area contributed by atoms with Gasteiger partial charge >= 0.3 is 0 Å². The van der Waals surface area contributed by atoms with Crippen LogP contribution in [0.5, 0.6) is 0 Å². The number of amides is 1. The summed E-state index contributed by atoms with van der Waals surface area (Å²) < 4.78 is 0. The molecule has 1 saturated heterocycles. The number of nitrogens with zero attached hydrogens (tertiary/aromatic N) is 1. The van der Waals surface area contributed by atoms with Gasteiger partial charge in [0.25, 0.3) is 0 Å². The topological polar surface area (TPSA) is 44.4 Å². The molecule has 70 valence electrons. The molecule has 0 radical (unpaired) electrons. The Balaban J connectivity index is 2.27. The molecule has 2 N–H and O–H groups in total. The molecule has 1 fully saturated rings. The highest BCUT2D eigenvalue weighted by Crippen LogP contribution is 1.96. The standard InChI is InChI=1S/C8H17N3O/c1-7-5-11(4-3-10-7)6-8(12)9-2/h7,10H,3-6H2,1-2H3,(H,9,12). The van der Waals surface area contributed by atoms with Crippen LogP contribution in [0.25, 0.3) is 0 Å². The van der Waals surface area contributed by atoms with Crippen molar-refractivity contribution in [2.24, 2.45) is 0 Å². The van der Waals surface area contributed by atoms with E-state index in [1.165, 1.54) is 0 Å². The molecule has 1 unspecified atom stereocenters. The molecule has 4 nitrogen and oxygen atoms in total. The summed E-state index contributed by atoms with van der Waals surface area (Å²) in [4.78, 5) is 13.2. The second-order valence-corrected chi connectivity index (χ2v) is 3.26. The molecule has 0 spiro atoms. The van der Waals surface area contributed by atoms with Crippen LogP contribution in [0.4, 0.5) is 0 Å². The van der Waals surface area contributed by atoms with Gasteiger partial charge in [-0.25, -0.2) is 0 Å². The molecular weight excluding hydrogens is 154 g/mol. The van der Waals surface area contributed by atoms with Crippen molar-refractivity contribution in [1.29, 1.82) is 0 Å². The highest BCUT2D eigenvalue weighted by molar-refractivity contribution is 5.77. The number of nitrogens with one attached hydrogen (secondary N) is 2. The Morgan fingerprint density at radius 2 is 2.50 bits per heavy atom. The predicted octanol–water partition coefficient (Wildman–Crippen LogP) is -0.974. The third-order valence-corrected chi connectivity index (χ3v) is 2.10. The summed E-state index contributed by atoms with van der Waals surface area (Å²) in [6.45, 7) is 5.59. The Morgan fingerprint density at radius 1 is 1.75 bits per heavy atom. The molecule has 1 aliphatic rings. The van der Waals surface area contributed by atoms with Crippen molar-refractivity contribution in [3.05, 3.63) is 0 Å². The van der Waals surface area contributed by atoms with Crippen molar-refractivity contribution in [2.45, 2.75) is 13.0 Å². The van der Waals surface area contributed by atoms with Gasteiger partial charge in [0.2, 0.25) is 5.91 Å². The van der Waals surface area contributed by atoms with Crippen molar-refractivity contribution in [3.8, 4) is 0 Å². The van der Waals surface area contributed by atoms with Crippen molar-refractivity contribution in [2.75, 3.05) is 33.2 Å². The molecule has 0 aromatic rings. The van der Waals surface area contributed by atoms with Gasteiger partial charge < -0.3 is 10.6 Å². The Morgan fingerprint density at radius 3 is 3.08 bits per heavy atom. The van der Waals surface area contributed by atoms with E-state index >= 15 is 0 Å². The van der Waals surface area contributed by atoms with Crippen LogP contribution in [0.2, 0.25) is 0 Å². The van der Waals surface area contributed by atoms with E-state index in [0.29, 0.717) is 12.6 Å². The number of carbonyl (C=O) groups excluding carboxylic acids is 1. The molecule has 1 rings (SSSR count). The van der Waals surface area contributed by atoms with Gasteiger partial charge in [-0.3, -0.25) is 9.69 Å². The number of carbonyl (C=O) groups is 1. The average Bonchev–Trinajstić information content (AvgIpc) is 2.04. The van der Waals surface area contributed by atoms with Crippen LogP contribution in [0.3, 0.4) is 0 Å². The molecule has 1 aliphatic heterocycles. The first-order chi connectivity index (χ1) is 5.72. The Bertz CT molecular complexity index is 160. The van der Waals surface area contributed by atoms with Crippen molar-refractivity contribution in [3.63, 3.8) is 0 Å². The fourth-order valence-electron chi connectivity index (χ4n) is 1.44. The van der Waals surface area contributed by atoms with Gasteiger partial charge in [-0.2, -0.15) is 0 Å². The quantitative estimate of drug-likeness (QED) is 0.561. The highest BCUT2D eigenvalue weighted by atomic mass is 16.1. The molecule has 0 bridgehead atoms. The molecule has 0 aromatic heterocycles. The summed E-state index contributed by atoms with van der Waals surface area (Å²) in [5, 5.41) is 5.96. The van der Waals surface area contributed by atoms with E-state index in [9.17, 15) is 4.79 Å². The molecule has 1 atom stereocenters. The van der Waals surface area contributed by atoms with E-state index in [-0.39, 0.29) is 5.91 Å². The summed E-state index contributed by atoms with van der Waals surface area (Å²) in [5.74, 6) is 0.101. The maximum Gasteiger partial charge on any atom is 0.233 e. The molecule has 4 heteroatoms. The molecule has 1 heterocycles. The summed E-state index contributed by atoms with van der Waals surface area (Å²) in [7, 11) is 1.67. The minimum absolute atomic E-state index is 0.101. The first-order valence-electron chi connectivity index (χ1n) is 4.38. The lowest BCUT2D eigenvalue weighted by molar-refractivity contribution is -0.122. The molecule has 1 amide bonds. The zero-order chi connectivity index (χ0) is 8.97. The van der Waals surface area contributed by atoms with E-state index < -0.39 is 0 Å².